The van der Waals surface area contributed by atoms with Gasteiger partial charge in [0, 0.05) is 18.0 Å². The molecule has 0 bridgehead atoms. The minimum absolute atomic E-state index is 0.103. The van der Waals surface area contributed by atoms with E-state index in [0.29, 0.717) is 0 Å². The van der Waals surface area contributed by atoms with E-state index in [-0.39, 0.29) is 6.61 Å². The van der Waals surface area contributed by atoms with Crippen molar-refractivity contribution >= 4 is 0 Å². The number of aliphatic hydroxyl groups excluding tert-OH is 1. The smallest absolute Gasteiger partial charge is 0.104 e. The number of aliphatic hydroxyl groups is 1. The number of hydrogen-bond donors (Lipinski definition) is 1. The van der Waals surface area contributed by atoms with Gasteiger partial charge < -0.3 is 5.11 Å². The van der Waals surface area contributed by atoms with Crippen LogP contribution in [0.15, 0.2) is 18.5 Å². The molecule has 0 unspecified atom stereocenters. The first-order chi connectivity index (χ1) is 5.33. The number of rotatable bonds is 0. The largest absolute Gasteiger partial charge is 0.384 e. The third-order valence-electron chi connectivity index (χ3n) is 1.19. The molecule has 0 radical (unpaired) electrons. The highest BCUT2D eigenvalue weighted by Crippen LogP contribution is 1.97. The predicted molar refractivity (Wildman–Crippen MR) is 42.9 cm³/mol. The molecule has 2 heteroatoms. The summed E-state index contributed by atoms with van der Waals surface area (Å²) in [7, 11) is 0. The van der Waals surface area contributed by atoms with Gasteiger partial charge in [-0.3, -0.25) is 4.98 Å². The summed E-state index contributed by atoms with van der Waals surface area (Å²) in [6.07, 6.45) is 3.44. The molecule has 1 rings (SSSR count). The monoisotopic (exact) mass is 147 g/mol. The highest BCUT2D eigenvalue weighted by atomic mass is 16.2. The molecule has 1 N–H and O–H groups in total. The second-order valence-electron chi connectivity index (χ2n) is 2.21. The molecule has 56 valence electrons. The number of nitrogens with zero attached hydrogens (tertiary/aromatic N) is 1. The Bertz CT molecular complexity index is 296. The number of aromatic nitrogens is 1. The molecule has 0 atom stereocenters. The van der Waals surface area contributed by atoms with Gasteiger partial charge in [0.15, 0.2) is 0 Å². The van der Waals surface area contributed by atoms with Gasteiger partial charge in [-0.25, -0.2) is 0 Å². The fourth-order valence-corrected chi connectivity index (χ4v) is 0.765. The molecule has 1 heterocycles. The Morgan fingerprint density at radius 2 is 2.36 bits per heavy atom. The maximum Gasteiger partial charge on any atom is 0.104 e. The zero-order valence-electron chi connectivity index (χ0n) is 6.33. The van der Waals surface area contributed by atoms with Crippen molar-refractivity contribution in [1.82, 2.24) is 4.98 Å². The van der Waals surface area contributed by atoms with Crippen LogP contribution in [-0.2, 0) is 0 Å². The summed E-state index contributed by atoms with van der Waals surface area (Å²) in [6.45, 7) is 1.85. The Kier molecular flexibility index (Phi) is 2.65. The van der Waals surface area contributed by atoms with Gasteiger partial charge >= 0.3 is 0 Å². The molecular formula is C9H9NO. The van der Waals surface area contributed by atoms with Crippen molar-refractivity contribution in [3.8, 4) is 11.8 Å². The van der Waals surface area contributed by atoms with Crippen molar-refractivity contribution in [2.75, 3.05) is 6.61 Å². The summed E-state index contributed by atoms with van der Waals surface area (Å²) >= 11 is 0. The third kappa shape index (κ3) is 2.40. The van der Waals surface area contributed by atoms with Crippen LogP contribution < -0.4 is 0 Å². The minimum Gasteiger partial charge on any atom is -0.384 e. The summed E-state index contributed by atoms with van der Waals surface area (Å²) in [6, 6.07) is 1.93. The Balaban J connectivity index is 2.87. The number of aryl methyl sites for hydroxylation is 1. The van der Waals surface area contributed by atoms with Gasteiger partial charge in [-0.15, -0.1) is 0 Å². The fourth-order valence-electron chi connectivity index (χ4n) is 0.765. The van der Waals surface area contributed by atoms with Gasteiger partial charge in [0.2, 0.25) is 0 Å². The zero-order chi connectivity index (χ0) is 8.10. The quantitative estimate of drug-likeness (QED) is 0.549. The average Bonchev–Trinajstić information content (AvgIpc) is 2.01. The molecular weight excluding hydrogens is 138 g/mol. The van der Waals surface area contributed by atoms with Crippen LogP contribution in [-0.4, -0.2) is 16.7 Å². The van der Waals surface area contributed by atoms with Crippen LogP contribution in [0.5, 0.6) is 0 Å². The van der Waals surface area contributed by atoms with Crippen molar-refractivity contribution in [1.29, 1.82) is 0 Å². The van der Waals surface area contributed by atoms with Crippen LogP contribution in [0, 0.1) is 18.8 Å². The van der Waals surface area contributed by atoms with E-state index < -0.39 is 0 Å². The molecule has 0 spiro atoms. The lowest BCUT2D eigenvalue weighted by Gasteiger charge is -1.90. The lowest BCUT2D eigenvalue weighted by molar-refractivity contribution is 0.350. The fraction of sp³-hybridized carbons (Fsp3) is 0.222. The SMILES string of the molecule is Cc1cncc(C#CCO)c1. The van der Waals surface area contributed by atoms with Gasteiger partial charge in [-0.1, -0.05) is 11.8 Å². The number of pyridine rings is 1. The molecule has 0 aliphatic carbocycles. The summed E-state index contributed by atoms with van der Waals surface area (Å²) in [4.78, 5) is 3.95. The summed E-state index contributed by atoms with van der Waals surface area (Å²) in [5.41, 5.74) is 1.92. The van der Waals surface area contributed by atoms with E-state index in [2.05, 4.69) is 16.8 Å². The first-order valence-corrected chi connectivity index (χ1v) is 3.34. The summed E-state index contributed by atoms with van der Waals surface area (Å²) in [5.74, 6) is 5.33. The van der Waals surface area contributed by atoms with Crippen molar-refractivity contribution in [3.63, 3.8) is 0 Å². The predicted octanol–water partition coefficient (Wildman–Crippen LogP) is 0.734. The molecule has 11 heavy (non-hydrogen) atoms. The zero-order valence-corrected chi connectivity index (χ0v) is 6.33. The molecule has 2 nitrogen and oxygen atoms in total. The van der Waals surface area contributed by atoms with Gasteiger partial charge in [0.25, 0.3) is 0 Å². The van der Waals surface area contributed by atoms with Gasteiger partial charge in [-0.2, -0.15) is 0 Å². The average molecular weight is 147 g/mol. The molecule has 0 amide bonds. The lowest BCUT2D eigenvalue weighted by Crippen LogP contribution is -1.81. The Morgan fingerprint density at radius 3 is 3.00 bits per heavy atom. The van der Waals surface area contributed by atoms with Crippen LogP contribution in [0.4, 0.5) is 0 Å². The van der Waals surface area contributed by atoms with E-state index in [1.807, 2.05) is 13.0 Å². The van der Waals surface area contributed by atoms with Crippen molar-refractivity contribution in [2.45, 2.75) is 6.92 Å². The van der Waals surface area contributed by atoms with Gasteiger partial charge in [0.1, 0.15) is 6.61 Å². The second kappa shape index (κ2) is 3.75. The van der Waals surface area contributed by atoms with Crippen LogP contribution >= 0.6 is 0 Å². The van der Waals surface area contributed by atoms with Crippen LogP contribution in [0.25, 0.3) is 0 Å². The minimum atomic E-state index is -0.103. The van der Waals surface area contributed by atoms with E-state index in [9.17, 15) is 0 Å². The highest BCUT2D eigenvalue weighted by Gasteiger charge is 1.86. The van der Waals surface area contributed by atoms with Crippen LogP contribution in [0.1, 0.15) is 11.1 Å². The van der Waals surface area contributed by atoms with Gasteiger partial charge in [0.05, 0.1) is 0 Å². The highest BCUT2D eigenvalue weighted by molar-refractivity contribution is 5.33. The second-order valence-corrected chi connectivity index (χ2v) is 2.21. The third-order valence-corrected chi connectivity index (χ3v) is 1.19. The molecule has 1 aromatic rings. The van der Waals surface area contributed by atoms with Crippen molar-refractivity contribution in [2.24, 2.45) is 0 Å². The van der Waals surface area contributed by atoms with Crippen molar-refractivity contribution < 1.29 is 5.11 Å². The Labute approximate surface area is 65.9 Å². The molecule has 0 aliphatic rings. The Morgan fingerprint density at radius 1 is 1.55 bits per heavy atom. The van der Waals surface area contributed by atoms with E-state index in [4.69, 9.17) is 5.11 Å². The molecule has 0 aromatic carbocycles. The number of hydrogen-bond acceptors (Lipinski definition) is 2. The first kappa shape index (κ1) is 7.77. The van der Waals surface area contributed by atoms with E-state index in [1.54, 1.807) is 12.4 Å². The molecule has 0 saturated carbocycles. The standard InChI is InChI=1S/C9H9NO/c1-8-5-9(3-2-4-11)7-10-6-8/h5-7,11H,4H2,1H3. The topological polar surface area (TPSA) is 33.1 Å². The van der Waals surface area contributed by atoms with E-state index in [1.165, 1.54) is 0 Å². The van der Waals surface area contributed by atoms with Crippen molar-refractivity contribution in [3.05, 3.63) is 29.6 Å². The summed E-state index contributed by atoms with van der Waals surface area (Å²) in [5, 5.41) is 8.40. The molecule has 0 saturated heterocycles. The molecule has 0 fully saturated rings. The van der Waals surface area contributed by atoms with Crippen LogP contribution in [0.2, 0.25) is 0 Å². The van der Waals surface area contributed by atoms with Gasteiger partial charge in [-0.05, 0) is 18.6 Å². The Hall–Kier alpha value is -1.33. The maximum absolute atomic E-state index is 8.40. The molecule has 0 aliphatic heterocycles. The first-order valence-electron chi connectivity index (χ1n) is 3.34. The van der Waals surface area contributed by atoms with Crippen LogP contribution in [0.3, 0.4) is 0 Å². The van der Waals surface area contributed by atoms with E-state index in [0.717, 1.165) is 11.1 Å². The summed E-state index contributed by atoms with van der Waals surface area (Å²) < 4.78 is 0. The molecule has 1 aromatic heterocycles. The van der Waals surface area contributed by atoms with E-state index >= 15 is 0 Å². The maximum atomic E-state index is 8.40. The normalized spacial score (nSPS) is 8.55. The lowest BCUT2D eigenvalue weighted by atomic mass is 10.2.